The molecular formula is C14H12BrNO3S. The molecule has 0 spiro atoms. The topological polar surface area (TPSA) is 66.4 Å². The molecule has 104 valence electrons. The minimum atomic E-state index is -1.04. The van der Waals surface area contributed by atoms with Gasteiger partial charge in [-0.05, 0) is 30.7 Å². The summed E-state index contributed by atoms with van der Waals surface area (Å²) in [7, 11) is 0. The lowest BCUT2D eigenvalue weighted by molar-refractivity contribution is 0.0698. The lowest BCUT2D eigenvalue weighted by Gasteiger charge is -2.04. The average Bonchev–Trinajstić information content (AvgIpc) is 2.82. The van der Waals surface area contributed by atoms with E-state index in [4.69, 9.17) is 5.11 Å². The molecule has 6 heteroatoms. The van der Waals surface area contributed by atoms with Crippen molar-refractivity contribution in [3.05, 3.63) is 50.8 Å². The van der Waals surface area contributed by atoms with Crippen molar-refractivity contribution in [3.8, 4) is 0 Å². The normalized spacial score (nSPS) is 10.3. The second kappa shape index (κ2) is 6.19. The van der Waals surface area contributed by atoms with E-state index >= 15 is 0 Å². The Morgan fingerprint density at radius 1 is 1.35 bits per heavy atom. The van der Waals surface area contributed by atoms with E-state index in [0.29, 0.717) is 10.6 Å². The number of rotatable bonds is 4. The van der Waals surface area contributed by atoms with E-state index in [1.54, 1.807) is 24.3 Å². The number of thiophene rings is 1. The highest BCUT2D eigenvalue weighted by Crippen LogP contribution is 2.29. The van der Waals surface area contributed by atoms with Crippen LogP contribution >= 0.6 is 27.3 Å². The minimum Gasteiger partial charge on any atom is -0.478 e. The zero-order valence-corrected chi connectivity index (χ0v) is 13.0. The molecule has 1 aromatic heterocycles. The Labute approximate surface area is 128 Å². The maximum Gasteiger partial charge on any atom is 0.338 e. The summed E-state index contributed by atoms with van der Waals surface area (Å²) in [6.07, 6.45) is 0.734. The summed E-state index contributed by atoms with van der Waals surface area (Å²) in [4.78, 5) is 24.2. The van der Waals surface area contributed by atoms with Gasteiger partial charge in [0.1, 0.15) is 5.00 Å². The molecule has 1 amide bonds. The van der Waals surface area contributed by atoms with Gasteiger partial charge in [-0.25, -0.2) is 4.79 Å². The number of carboxylic acids is 1. The molecule has 0 aliphatic rings. The zero-order valence-electron chi connectivity index (χ0n) is 10.6. The van der Waals surface area contributed by atoms with Gasteiger partial charge in [-0.15, -0.1) is 11.3 Å². The van der Waals surface area contributed by atoms with Crippen LogP contribution in [0.1, 0.15) is 32.5 Å². The van der Waals surface area contributed by atoms with Crippen molar-refractivity contribution in [1.29, 1.82) is 0 Å². The number of carbonyl (C=O) groups excluding carboxylic acids is 1. The average molecular weight is 354 g/mol. The smallest absolute Gasteiger partial charge is 0.338 e. The molecule has 0 unspecified atom stereocenters. The number of aromatic carboxylic acids is 1. The third-order valence-corrected chi connectivity index (χ3v) is 4.36. The van der Waals surface area contributed by atoms with Gasteiger partial charge in [-0.1, -0.05) is 28.9 Å². The summed E-state index contributed by atoms with van der Waals surface area (Å²) in [5.74, 6) is -1.36. The number of carboxylic acid groups (broad SMARTS) is 1. The van der Waals surface area contributed by atoms with Crippen LogP contribution in [0, 0.1) is 0 Å². The first-order valence-electron chi connectivity index (χ1n) is 5.94. The van der Waals surface area contributed by atoms with Crippen molar-refractivity contribution in [3.63, 3.8) is 0 Å². The first-order valence-corrected chi connectivity index (χ1v) is 7.55. The number of anilines is 1. The number of amides is 1. The highest BCUT2D eigenvalue weighted by molar-refractivity contribution is 9.10. The van der Waals surface area contributed by atoms with Crippen LogP contribution in [0.5, 0.6) is 0 Å². The van der Waals surface area contributed by atoms with Crippen molar-refractivity contribution >= 4 is 44.1 Å². The molecule has 0 bridgehead atoms. The second-order valence-corrected chi connectivity index (χ2v) is 6.13. The number of aryl methyl sites for hydroxylation is 1. The Hall–Kier alpha value is -1.66. The van der Waals surface area contributed by atoms with Gasteiger partial charge < -0.3 is 10.4 Å². The molecule has 2 rings (SSSR count). The van der Waals surface area contributed by atoms with Crippen molar-refractivity contribution in [1.82, 2.24) is 0 Å². The van der Waals surface area contributed by atoms with E-state index in [1.165, 1.54) is 11.3 Å². The molecule has 2 aromatic rings. The highest BCUT2D eigenvalue weighted by Gasteiger charge is 2.17. The minimum absolute atomic E-state index is 0.134. The summed E-state index contributed by atoms with van der Waals surface area (Å²) in [6, 6.07) is 8.53. The van der Waals surface area contributed by atoms with Crippen molar-refractivity contribution in [2.24, 2.45) is 0 Å². The van der Waals surface area contributed by atoms with Gasteiger partial charge >= 0.3 is 5.97 Å². The molecule has 0 aliphatic heterocycles. The van der Waals surface area contributed by atoms with Gasteiger partial charge in [0.05, 0.1) is 5.56 Å². The molecule has 0 radical (unpaired) electrons. The van der Waals surface area contributed by atoms with Gasteiger partial charge in [0.2, 0.25) is 0 Å². The van der Waals surface area contributed by atoms with Crippen LogP contribution in [0.3, 0.4) is 0 Å². The predicted molar refractivity (Wildman–Crippen MR) is 82.8 cm³/mol. The van der Waals surface area contributed by atoms with Crippen LogP contribution in [0.15, 0.2) is 34.8 Å². The lowest BCUT2D eigenvalue weighted by Crippen LogP contribution is -2.13. The standard InChI is InChI=1S/C14H12BrNO3S/c1-2-10-7-11(14(18)19)13(20-10)16-12(17)8-4-3-5-9(15)6-8/h3-7H,2H2,1H3,(H,16,17)(H,18,19). The number of hydrogen-bond acceptors (Lipinski definition) is 3. The molecule has 0 saturated carbocycles. The molecule has 1 aromatic carbocycles. The third kappa shape index (κ3) is 3.26. The molecule has 2 N–H and O–H groups in total. The predicted octanol–water partition coefficient (Wildman–Crippen LogP) is 4.02. The van der Waals surface area contributed by atoms with E-state index in [0.717, 1.165) is 15.8 Å². The Morgan fingerprint density at radius 3 is 2.70 bits per heavy atom. The van der Waals surface area contributed by atoms with Crippen molar-refractivity contribution < 1.29 is 14.7 Å². The lowest BCUT2D eigenvalue weighted by atomic mass is 10.2. The van der Waals surface area contributed by atoms with Crippen LogP contribution in [0.2, 0.25) is 0 Å². The Kier molecular flexibility index (Phi) is 4.57. The van der Waals surface area contributed by atoms with E-state index < -0.39 is 5.97 Å². The van der Waals surface area contributed by atoms with Gasteiger partial charge in [0, 0.05) is 14.9 Å². The molecule has 0 saturated heterocycles. The van der Waals surface area contributed by atoms with E-state index in [-0.39, 0.29) is 11.5 Å². The number of nitrogens with one attached hydrogen (secondary N) is 1. The maximum atomic E-state index is 12.1. The molecule has 1 heterocycles. The van der Waals surface area contributed by atoms with Crippen molar-refractivity contribution in [2.75, 3.05) is 5.32 Å². The summed E-state index contributed by atoms with van der Waals surface area (Å²) >= 11 is 4.59. The SMILES string of the molecule is CCc1cc(C(=O)O)c(NC(=O)c2cccc(Br)c2)s1. The van der Waals surface area contributed by atoms with Crippen LogP contribution in [-0.4, -0.2) is 17.0 Å². The number of benzene rings is 1. The van der Waals surface area contributed by atoms with Crippen LogP contribution in [0.25, 0.3) is 0 Å². The van der Waals surface area contributed by atoms with Crippen LogP contribution in [0.4, 0.5) is 5.00 Å². The summed E-state index contributed by atoms with van der Waals surface area (Å²) in [5.41, 5.74) is 0.609. The van der Waals surface area contributed by atoms with Gasteiger partial charge in [-0.3, -0.25) is 4.79 Å². The Bertz CT molecular complexity index is 666. The highest BCUT2D eigenvalue weighted by atomic mass is 79.9. The summed E-state index contributed by atoms with van der Waals surface area (Å²) in [6.45, 7) is 1.94. The monoisotopic (exact) mass is 353 g/mol. The van der Waals surface area contributed by atoms with E-state index in [1.807, 2.05) is 13.0 Å². The molecule has 0 fully saturated rings. The van der Waals surface area contributed by atoms with Gasteiger partial charge in [0.25, 0.3) is 5.91 Å². The molecule has 0 atom stereocenters. The Morgan fingerprint density at radius 2 is 2.10 bits per heavy atom. The van der Waals surface area contributed by atoms with Crippen molar-refractivity contribution in [2.45, 2.75) is 13.3 Å². The maximum absolute atomic E-state index is 12.1. The fraction of sp³-hybridized carbons (Fsp3) is 0.143. The molecule has 4 nitrogen and oxygen atoms in total. The molecule has 20 heavy (non-hydrogen) atoms. The second-order valence-electron chi connectivity index (χ2n) is 4.08. The fourth-order valence-electron chi connectivity index (χ4n) is 1.67. The van der Waals surface area contributed by atoms with Crippen LogP contribution < -0.4 is 5.32 Å². The molecular weight excluding hydrogens is 342 g/mol. The first kappa shape index (κ1) is 14.7. The number of carbonyl (C=O) groups is 2. The summed E-state index contributed by atoms with van der Waals surface area (Å²) in [5, 5.41) is 12.2. The van der Waals surface area contributed by atoms with Crippen LogP contribution in [-0.2, 0) is 6.42 Å². The number of halogens is 1. The number of hydrogen-bond donors (Lipinski definition) is 2. The zero-order chi connectivity index (χ0) is 14.7. The Balaban J connectivity index is 2.27. The quantitative estimate of drug-likeness (QED) is 0.871. The fourth-order valence-corrected chi connectivity index (χ4v) is 3.06. The van der Waals surface area contributed by atoms with E-state index in [9.17, 15) is 9.59 Å². The van der Waals surface area contributed by atoms with Gasteiger partial charge in [0.15, 0.2) is 0 Å². The first-order chi connectivity index (χ1) is 9.51. The molecule has 0 aliphatic carbocycles. The van der Waals surface area contributed by atoms with E-state index in [2.05, 4.69) is 21.2 Å². The van der Waals surface area contributed by atoms with Gasteiger partial charge in [-0.2, -0.15) is 0 Å². The summed E-state index contributed by atoms with van der Waals surface area (Å²) < 4.78 is 0.795. The third-order valence-electron chi connectivity index (χ3n) is 2.68. The largest absolute Gasteiger partial charge is 0.478 e.